The van der Waals surface area contributed by atoms with Gasteiger partial charge in [-0.05, 0) is 24.6 Å². The van der Waals surface area contributed by atoms with Crippen molar-refractivity contribution in [2.24, 2.45) is 4.99 Å². The molecule has 0 aliphatic rings. The van der Waals surface area contributed by atoms with Gasteiger partial charge in [0.25, 0.3) is 0 Å². The number of rotatable bonds is 8. The SMILES string of the molecule is CN=C(NCCCOC)NCCOc1cccc(Br)c1. The van der Waals surface area contributed by atoms with Crippen LogP contribution in [0.5, 0.6) is 5.75 Å². The summed E-state index contributed by atoms with van der Waals surface area (Å²) in [6.07, 6.45) is 0.950. The van der Waals surface area contributed by atoms with Gasteiger partial charge in [-0.25, -0.2) is 0 Å². The van der Waals surface area contributed by atoms with E-state index < -0.39 is 0 Å². The number of methoxy groups -OCH3 is 1. The Balaban J connectivity index is 2.15. The molecule has 0 atom stereocenters. The minimum atomic E-state index is 0.579. The summed E-state index contributed by atoms with van der Waals surface area (Å²) in [5.74, 6) is 1.63. The molecule has 0 radical (unpaired) electrons. The van der Waals surface area contributed by atoms with E-state index in [1.807, 2.05) is 24.3 Å². The van der Waals surface area contributed by atoms with Gasteiger partial charge in [0.05, 0.1) is 6.54 Å². The molecule has 112 valence electrons. The first-order valence-electron chi connectivity index (χ1n) is 6.58. The predicted molar refractivity (Wildman–Crippen MR) is 85.5 cm³/mol. The van der Waals surface area contributed by atoms with Crippen molar-refractivity contribution in [1.82, 2.24) is 10.6 Å². The number of guanidine groups is 1. The van der Waals surface area contributed by atoms with Crippen LogP contribution in [0.25, 0.3) is 0 Å². The van der Waals surface area contributed by atoms with Crippen LogP contribution >= 0.6 is 15.9 Å². The van der Waals surface area contributed by atoms with Crippen LogP contribution in [0.4, 0.5) is 0 Å². The highest BCUT2D eigenvalue weighted by molar-refractivity contribution is 9.10. The van der Waals surface area contributed by atoms with E-state index in [4.69, 9.17) is 9.47 Å². The van der Waals surface area contributed by atoms with Gasteiger partial charge < -0.3 is 20.1 Å². The molecular weight excluding hydrogens is 322 g/mol. The van der Waals surface area contributed by atoms with E-state index in [0.29, 0.717) is 13.2 Å². The lowest BCUT2D eigenvalue weighted by Gasteiger charge is -2.12. The summed E-state index contributed by atoms with van der Waals surface area (Å²) >= 11 is 3.41. The van der Waals surface area contributed by atoms with Gasteiger partial charge in [-0.15, -0.1) is 0 Å². The lowest BCUT2D eigenvalue weighted by atomic mass is 10.3. The number of nitrogens with one attached hydrogen (secondary N) is 2. The Morgan fingerprint density at radius 1 is 1.25 bits per heavy atom. The van der Waals surface area contributed by atoms with E-state index in [2.05, 4.69) is 31.6 Å². The largest absolute Gasteiger partial charge is 0.492 e. The van der Waals surface area contributed by atoms with E-state index in [0.717, 1.165) is 35.8 Å². The second-order valence-corrected chi connectivity index (χ2v) is 4.99. The molecule has 2 N–H and O–H groups in total. The summed E-state index contributed by atoms with van der Waals surface area (Å²) in [6.45, 7) is 2.85. The Morgan fingerprint density at radius 2 is 2.05 bits per heavy atom. The van der Waals surface area contributed by atoms with Crippen LogP contribution in [0, 0.1) is 0 Å². The van der Waals surface area contributed by atoms with Crippen LogP contribution in [-0.2, 0) is 4.74 Å². The van der Waals surface area contributed by atoms with E-state index in [-0.39, 0.29) is 0 Å². The van der Waals surface area contributed by atoms with E-state index >= 15 is 0 Å². The summed E-state index contributed by atoms with van der Waals surface area (Å²) in [4.78, 5) is 4.13. The van der Waals surface area contributed by atoms with Crippen molar-refractivity contribution in [3.8, 4) is 5.75 Å². The fourth-order valence-electron chi connectivity index (χ4n) is 1.54. The number of ether oxygens (including phenoxy) is 2. The summed E-state index contributed by atoms with van der Waals surface area (Å²) < 4.78 is 11.6. The van der Waals surface area contributed by atoms with Gasteiger partial charge in [0.1, 0.15) is 12.4 Å². The molecule has 5 nitrogen and oxygen atoms in total. The van der Waals surface area contributed by atoms with Gasteiger partial charge in [-0.1, -0.05) is 22.0 Å². The van der Waals surface area contributed by atoms with Crippen LogP contribution in [0.2, 0.25) is 0 Å². The molecule has 6 heteroatoms. The van der Waals surface area contributed by atoms with Crippen molar-refractivity contribution >= 4 is 21.9 Å². The quantitative estimate of drug-likeness (QED) is 0.430. The monoisotopic (exact) mass is 343 g/mol. The zero-order valence-corrected chi connectivity index (χ0v) is 13.6. The molecule has 0 aliphatic carbocycles. The van der Waals surface area contributed by atoms with Crippen LogP contribution in [0.3, 0.4) is 0 Å². The van der Waals surface area contributed by atoms with Crippen molar-refractivity contribution in [2.75, 3.05) is 40.5 Å². The molecule has 0 saturated heterocycles. The predicted octanol–water partition coefficient (Wildman–Crippen LogP) is 2.03. The highest BCUT2D eigenvalue weighted by Gasteiger charge is 1.98. The lowest BCUT2D eigenvalue weighted by Crippen LogP contribution is -2.39. The van der Waals surface area contributed by atoms with Crippen LogP contribution in [0.1, 0.15) is 6.42 Å². The molecule has 0 aromatic heterocycles. The van der Waals surface area contributed by atoms with Crippen molar-refractivity contribution in [2.45, 2.75) is 6.42 Å². The summed E-state index contributed by atoms with van der Waals surface area (Å²) in [7, 11) is 3.45. The number of hydrogen-bond acceptors (Lipinski definition) is 3. The van der Waals surface area contributed by atoms with Crippen LogP contribution in [-0.4, -0.2) is 46.4 Å². The minimum Gasteiger partial charge on any atom is -0.492 e. The van der Waals surface area contributed by atoms with E-state index in [9.17, 15) is 0 Å². The van der Waals surface area contributed by atoms with Crippen molar-refractivity contribution in [3.05, 3.63) is 28.7 Å². The molecular formula is C14H22BrN3O2. The lowest BCUT2D eigenvalue weighted by molar-refractivity contribution is 0.195. The Labute approximate surface area is 128 Å². The van der Waals surface area contributed by atoms with Crippen molar-refractivity contribution < 1.29 is 9.47 Å². The average molecular weight is 344 g/mol. The first-order chi connectivity index (χ1) is 9.76. The maximum Gasteiger partial charge on any atom is 0.191 e. The molecule has 0 unspecified atom stereocenters. The maximum absolute atomic E-state index is 5.63. The van der Waals surface area contributed by atoms with Gasteiger partial charge in [-0.2, -0.15) is 0 Å². The summed E-state index contributed by atoms with van der Waals surface area (Å²) in [6, 6.07) is 7.79. The van der Waals surface area contributed by atoms with E-state index in [1.165, 1.54) is 0 Å². The Hall–Kier alpha value is -1.27. The first-order valence-corrected chi connectivity index (χ1v) is 7.37. The molecule has 0 aliphatic heterocycles. The maximum atomic E-state index is 5.63. The van der Waals surface area contributed by atoms with Crippen molar-refractivity contribution in [3.63, 3.8) is 0 Å². The average Bonchev–Trinajstić information content (AvgIpc) is 2.46. The molecule has 0 amide bonds. The van der Waals surface area contributed by atoms with Gasteiger partial charge in [0, 0.05) is 31.8 Å². The molecule has 1 aromatic rings. The third kappa shape index (κ3) is 7.35. The fraction of sp³-hybridized carbons (Fsp3) is 0.500. The third-order valence-corrected chi connectivity index (χ3v) is 2.99. The number of nitrogens with zero attached hydrogens (tertiary/aromatic N) is 1. The number of aliphatic imine (C=N–C) groups is 1. The standard InChI is InChI=1S/C14H22BrN3O2/c1-16-14(17-7-4-9-19-2)18-8-10-20-13-6-3-5-12(15)11-13/h3,5-6,11H,4,7-10H2,1-2H3,(H2,16,17,18). The number of benzene rings is 1. The Morgan fingerprint density at radius 3 is 2.75 bits per heavy atom. The molecule has 20 heavy (non-hydrogen) atoms. The molecule has 0 bridgehead atoms. The number of hydrogen-bond donors (Lipinski definition) is 2. The zero-order chi connectivity index (χ0) is 14.6. The highest BCUT2D eigenvalue weighted by Crippen LogP contribution is 2.17. The molecule has 0 spiro atoms. The molecule has 1 aromatic carbocycles. The van der Waals surface area contributed by atoms with Crippen LogP contribution in [0.15, 0.2) is 33.7 Å². The van der Waals surface area contributed by atoms with Gasteiger partial charge >= 0.3 is 0 Å². The third-order valence-electron chi connectivity index (χ3n) is 2.50. The Bertz CT molecular complexity index is 413. The van der Waals surface area contributed by atoms with E-state index in [1.54, 1.807) is 14.2 Å². The molecule has 0 fully saturated rings. The highest BCUT2D eigenvalue weighted by atomic mass is 79.9. The number of halogens is 1. The van der Waals surface area contributed by atoms with Gasteiger partial charge in [-0.3, -0.25) is 4.99 Å². The first kappa shape index (κ1) is 16.8. The fourth-order valence-corrected chi connectivity index (χ4v) is 1.92. The summed E-state index contributed by atoms with van der Waals surface area (Å²) in [5.41, 5.74) is 0. The van der Waals surface area contributed by atoms with Crippen LogP contribution < -0.4 is 15.4 Å². The van der Waals surface area contributed by atoms with Gasteiger partial charge in [0.15, 0.2) is 5.96 Å². The second-order valence-electron chi connectivity index (χ2n) is 4.08. The summed E-state index contributed by atoms with van der Waals surface area (Å²) in [5, 5.41) is 6.40. The zero-order valence-electron chi connectivity index (χ0n) is 12.0. The second kappa shape index (κ2) is 10.5. The normalized spacial score (nSPS) is 11.2. The Kier molecular flexibility index (Phi) is 8.82. The topological polar surface area (TPSA) is 54.9 Å². The molecule has 0 saturated carbocycles. The minimum absolute atomic E-state index is 0.579. The molecule has 1 rings (SSSR count). The smallest absolute Gasteiger partial charge is 0.191 e. The van der Waals surface area contributed by atoms with Gasteiger partial charge in [0.2, 0.25) is 0 Å². The van der Waals surface area contributed by atoms with Crippen molar-refractivity contribution in [1.29, 1.82) is 0 Å². The molecule has 0 heterocycles.